The molecule has 1 atom stereocenters. The average molecular weight is 137 g/mol. The van der Waals surface area contributed by atoms with Crippen molar-refractivity contribution < 1.29 is 4.74 Å². The second-order valence-corrected chi connectivity index (χ2v) is 2.66. The number of methoxy groups -OCH3 is 1. The molecule has 1 unspecified atom stereocenters. The molecule has 0 aromatic heterocycles. The van der Waals surface area contributed by atoms with Crippen molar-refractivity contribution in [3.8, 4) is 0 Å². The van der Waals surface area contributed by atoms with Gasteiger partial charge in [-0.1, -0.05) is 0 Å². The summed E-state index contributed by atoms with van der Waals surface area (Å²) in [5.41, 5.74) is 0. The summed E-state index contributed by atoms with van der Waals surface area (Å²) in [4.78, 5) is 0. The van der Waals surface area contributed by atoms with E-state index in [1.165, 1.54) is 0 Å². The molecule has 0 spiro atoms. The molecule has 0 fully saturated rings. The van der Waals surface area contributed by atoms with Gasteiger partial charge in [0.2, 0.25) is 0 Å². The van der Waals surface area contributed by atoms with E-state index in [0.29, 0.717) is 5.38 Å². The number of rotatable bonds is 4. The Morgan fingerprint density at radius 2 is 2.25 bits per heavy atom. The summed E-state index contributed by atoms with van der Waals surface area (Å²) in [6, 6.07) is 0. The minimum Gasteiger partial charge on any atom is -0.385 e. The van der Waals surface area contributed by atoms with Gasteiger partial charge in [0.25, 0.3) is 0 Å². The van der Waals surface area contributed by atoms with Crippen LogP contribution in [0.5, 0.6) is 0 Å². The third kappa shape index (κ3) is 6.25. The quantitative estimate of drug-likeness (QED) is 0.425. The second-order valence-electron chi connectivity index (χ2n) is 1.92. The van der Waals surface area contributed by atoms with Gasteiger partial charge in [-0.05, 0) is 19.8 Å². The lowest BCUT2D eigenvalue weighted by Crippen LogP contribution is -1.94. The highest BCUT2D eigenvalue weighted by Crippen LogP contribution is 2.02. The number of alkyl halides is 1. The molecule has 1 nitrogen and oxygen atoms in total. The van der Waals surface area contributed by atoms with Crippen LogP contribution < -0.4 is 0 Å². The average Bonchev–Trinajstić information content (AvgIpc) is 1.66. The Bertz CT molecular complexity index is 45.8. The van der Waals surface area contributed by atoms with E-state index in [1.54, 1.807) is 7.11 Å². The number of hydrogen-bond acceptors (Lipinski definition) is 1. The molecule has 2 heteroatoms. The standard InChI is InChI=1S/C6H13ClO/c1-6(7)4-3-5-8-2/h6H,3-5H2,1-2H3. The summed E-state index contributed by atoms with van der Waals surface area (Å²) in [7, 11) is 1.71. The van der Waals surface area contributed by atoms with Crippen molar-refractivity contribution in [1.29, 1.82) is 0 Å². The zero-order chi connectivity index (χ0) is 6.41. The fourth-order valence-corrected chi connectivity index (χ4v) is 0.663. The van der Waals surface area contributed by atoms with Crippen LogP contribution in [-0.2, 0) is 4.74 Å². The van der Waals surface area contributed by atoms with Gasteiger partial charge in [0.15, 0.2) is 0 Å². The minimum atomic E-state index is 0.296. The molecule has 0 N–H and O–H groups in total. The fourth-order valence-electron chi connectivity index (χ4n) is 0.509. The third-order valence-corrected chi connectivity index (χ3v) is 1.17. The predicted octanol–water partition coefficient (Wildman–Crippen LogP) is 2.04. The van der Waals surface area contributed by atoms with E-state index in [1.807, 2.05) is 6.92 Å². The Morgan fingerprint density at radius 1 is 1.62 bits per heavy atom. The number of halogens is 1. The van der Waals surface area contributed by atoms with E-state index >= 15 is 0 Å². The van der Waals surface area contributed by atoms with E-state index < -0.39 is 0 Å². The summed E-state index contributed by atoms with van der Waals surface area (Å²) >= 11 is 5.66. The van der Waals surface area contributed by atoms with Gasteiger partial charge in [-0.2, -0.15) is 0 Å². The van der Waals surface area contributed by atoms with Crippen LogP contribution in [0.15, 0.2) is 0 Å². The van der Waals surface area contributed by atoms with Gasteiger partial charge in [-0.25, -0.2) is 0 Å². The van der Waals surface area contributed by atoms with Gasteiger partial charge in [0.1, 0.15) is 0 Å². The smallest absolute Gasteiger partial charge is 0.0462 e. The highest BCUT2D eigenvalue weighted by molar-refractivity contribution is 6.20. The lowest BCUT2D eigenvalue weighted by atomic mass is 10.3. The molecule has 0 radical (unpaired) electrons. The maximum Gasteiger partial charge on any atom is 0.0462 e. The zero-order valence-electron chi connectivity index (χ0n) is 5.48. The Kier molecular flexibility index (Phi) is 5.56. The molecule has 0 saturated carbocycles. The van der Waals surface area contributed by atoms with Crippen LogP contribution in [0.2, 0.25) is 0 Å². The van der Waals surface area contributed by atoms with Gasteiger partial charge in [-0.3, -0.25) is 0 Å². The molecule has 0 aliphatic carbocycles. The van der Waals surface area contributed by atoms with Crippen LogP contribution in [0.1, 0.15) is 19.8 Å². The van der Waals surface area contributed by atoms with Crippen LogP contribution in [0, 0.1) is 0 Å². The van der Waals surface area contributed by atoms with E-state index in [9.17, 15) is 0 Å². The molecule has 0 aliphatic rings. The molecule has 0 amide bonds. The largest absolute Gasteiger partial charge is 0.385 e. The van der Waals surface area contributed by atoms with E-state index in [2.05, 4.69) is 0 Å². The van der Waals surface area contributed by atoms with E-state index in [4.69, 9.17) is 16.3 Å². The second kappa shape index (κ2) is 5.39. The molecule has 8 heavy (non-hydrogen) atoms. The first-order valence-corrected chi connectivity index (χ1v) is 3.34. The molecule has 0 rings (SSSR count). The molecule has 0 aromatic carbocycles. The van der Waals surface area contributed by atoms with Crippen molar-refractivity contribution in [3.05, 3.63) is 0 Å². The van der Waals surface area contributed by atoms with Gasteiger partial charge >= 0.3 is 0 Å². The maximum atomic E-state index is 5.66. The first kappa shape index (κ1) is 8.25. The Morgan fingerprint density at radius 3 is 2.62 bits per heavy atom. The van der Waals surface area contributed by atoms with Crippen LogP contribution in [-0.4, -0.2) is 19.1 Å². The molecule has 0 heterocycles. The van der Waals surface area contributed by atoms with Crippen LogP contribution in [0.25, 0.3) is 0 Å². The maximum absolute atomic E-state index is 5.66. The third-order valence-electron chi connectivity index (χ3n) is 0.950. The zero-order valence-corrected chi connectivity index (χ0v) is 6.24. The molecule has 0 aromatic rings. The Hall–Kier alpha value is 0.250. The predicted molar refractivity (Wildman–Crippen MR) is 36.4 cm³/mol. The highest BCUT2D eigenvalue weighted by atomic mass is 35.5. The lowest BCUT2D eigenvalue weighted by Gasteiger charge is -1.99. The molecule has 0 saturated heterocycles. The van der Waals surface area contributed by atoms with Gasteiger partial charge in [0, 0.05) is 19.1 Å². The first-order chi connectivity index (χ1) is 3.77. The van der Waals surface area contributed by atoms with Crippen LogP contribution in [0.4, 0.5) is 0 Å². The number of ether oxygens (including phenoxy) is 1. The highest BCUT2D eigenvalue weighted by Gasteiger charge is 1.93. The monoisotopic (exact) mass is 136 g/mol. The van der Waals surface area contributed by atoms with Gasteiger partial charge in [0.05, 0.1) is 0 Å². The fraction of sp³-hybridized carbons (Fsp3) is 1.00. The van der Waals surface area contributed by atoms with Gasteiger partial charge in [-0.15, -0.1) is 11.6 Å². The van der Waals surface area contributed by atoms with E-state index in [0.717, 1.165) is 19.4 Å². The molecule has 0 bridgehead atoms. The summed E-state index contributed by atoms with van der Waals surface area (Å²) in [6.07, 6.45) is 2.12. The van der Waals surface area contributed by atoms with E-state index in [-0.39, 0.29) is 0 Å². The Labute approximate surface area is 56.0 Å². The lowest BCUT2D eigenvalue weighted by molar-refractivity contribution is 0.193. The summed E-state index contributed by atoms with van der Waals surface area (Å²) in [5, 5.41) is 0.296. The first-order valence-electron chi connectivity index (χ1n) is 2.90. The normalized spacial score (nSPS) is 13.9. The van der Waals surface area contributed by atoms with Gasteiger partial charge < -0.3 is 4.74 Å². The van der Waals surface area contributed by atoms with Crippen molar-refractivity contribution in [1.82, 2.24) is 0 Å². The SMILES string of the molecule is COCCCC(C)Cl. The van der Waals surface area contributed by atoms with Crippen molar-refractivity contribution >= 4 is 11.6 Å². The number of hydrogen-bond donors (Lipinski definition) is 0. The molecule has 0 aliphatic heterocycles. The molecule has 50 valence electrons. The Balaban J connectivity index is 2.72. The minimum absolute atomic E-state index is 0.296. The van der Waals surface area contributed by atoms with Crippen molar-refractivity contribution in [2.45, 2.75) is 25.1 Å². The van der Waals surface area contributed by atoms with Crippen molar-refractivity contribution in [2.24, 2.45) is 0 Å². The van der Waals surface area contributed by atoms with Crippen molar-refractivity contribution in [3.63, 3.8) is 0 Å². The topological polar surface area (TPSA) is 9.23 Å². The molecular formula is C6H13ClO. The van der Waals surface area contributed by atoms with Crippen LogP contribution in [0.3, 0.4) is 0 Å². The summed E-state index contributed by atoms with van der Waals surface area (Å²) in [6.45, 7) is 2.83. The summed E-state index contributed by atoms with van der Waals surface area (Å²) in [5.74, 6) is 0. The summed E-state index contributed by atoms with van der Waals surface area (Å²) < 4.78 is 4.83. The molecular weight excluding hydrogens is 124 g/mol. The van der Waals surface area contributed by atoms with Crippen LogP contribution >= 0.6 is 11.6 Å². The van der Waals surface area contributed by atoms with Crippen molar-refractivity contribution in [2.75, 3.05) is 13.7 Å².